The zero-order valence-corrected chi connectivity index (χ0v) is 13.0. The van der Waals surface area contributed by atoms with E-state index in [-0.39, 0.29) is 0 Å². The maximum absolute atomic E-state index is 5.26. The van der Waals surface area contributed by atoms with Crippen LogP contribution in [0.1, 0.15) is 32.7 Å². The Balaban J connectivity index is 1.92. The second-order valence-corrected chi connectivity index (χ2v) is 5.68. The largest absolute Gasteiger partial charge is 0.383 e. The minimum absolute atomic E-state index is 0.331. The second-order valence-electron chi connectivity index (χ2n) is 5.68. The maximum atomic E-state index is 5.26. The van der Waals surface area contributed by atoms with E-state index in [2.05, 4.69) is 39.8 Å². The second kappa shape index (κ2) is 7.64. The van der Waals surface area contributed by atoms with Crippen molar-refractivity contribution in [3.05, 3.63) is 12.4 Å². The van der Waals surface area contributed by atoms with Crippen LogP contribution >= 0.6 is 0 Å². The van der Waals surface area contributed by atoms with Crippen LogP contribution in [0.2, 0.25) is 0 Å². The molecule has 5 nitrogen and oxygen atoms in total. The zero-order valence-electron chi connectivity index (χ0n) is 13.0. The fourth-order valence-corrected chi connectivity index (χ4v) is 2.90. The summed E-state index contributed by atoms with van der Waals surface area (Å²) in [5.41, 5.74) is 0. The minimum atomic E-state index is 0.331. The highest BCUT2D eigenvalue weighted by atomic mass is 16.5. The van der Waals surface area contributed by atoms with Crippen molar-refractivity contribution in [3.8, 4) is 0 Å². The number of methoxy groups -OCH3 is 1. The molecule has 0 saturated carbocycles. The molecule has 114 valence electrons. The lowest BCUT2D eigenvalue weighted by Gasteiger charge is -2.33. The number of hydrogen-bond donors (Lipinski definition) is 1. The number of imidazole rings is 1. The molecule has 1 saturated heterocycles. The Hall–Kier alpha value is -1.07. The number of piperidine rings is 1. The molecule has 0 spiro atoms. The van der Waals surface area contributed by atoms with Gasteiger partial charge in [-0.15, -0.1) is 0 Å². The molecule has 0 bridgehead atoms. The van der Waals surface area contributed by atoms with E-state index in [0.29, 0.717) is 6.04 Å². The molecule has 0 aromatic carbocycles. The zero-order chi connectivity index (χ0) is 14.4. The summed E-state index contributed by atoms with van der Waals surface area (Å²) in [6.45, 7) is 9.49. The summed E-state index contributed by atoms with van der Waals surface area (Å²) in [4.78, 5) is 6.96. The van der Waals surface area contributed by atoms with E-state index in [1.54, 1.807) is 7.11 Å². The van der Waals surface area contributed by atoms with Crippen LogP contribution < -0.4 is 10.2 Å². The lowest BCUT2D eigenvalue weighted by atomic mass is 9.97. The van der Waals surface area contributed by atoms with E-state index in [4.69, 9.17) is 4.74 Å². The van der Waals surface area contributed by atoms with Gasteiger partial charge in [-0.3, -0.25) is 0 Å². The molecule has 0 amide bonds. The molecule has 1 unspecified atom stereocenters. The van der Waals surface area contributed by atoms with Crippen molar-refractivity contribution in [2.24, 2.45) is 5.92 Å². The third-order valence-corrected chi connectivity index (χ3v) is 4.11. The van der Waals surface area contributed by atoms with E-state index in [0.717, 1.165) is 44.7 Å². The number of rotatable bonds is 7. The summed E-state index contributed by atoms with van der Waals surface area (Å²) in [6, 6.07) is 0.331. The molecule has 1 aromatic heterocycles. The highest BCUT2D eigenvalue weighted by Gasteiger charge is 2.22. The van der Waals surface area contributed by atoms with Gasteiger partial charge in [0.25, 0.3) is 0 Å². The highest BCUT2D eigenvalue weighted by molar-refractivity contribution is 5.32. The Morgan fingerprint density at radius 1 is 1.45 bits per heavy atom. The lowest BCUT2D eigenvalue weighted by molar-refractivity contribution is 0.162. The average molecular weight is 280 g/mol. The van der Waals surface area contributed by atoms with Crippen LogP contribution in [-0.4, -0.2) is 49.4 Å². The molecular formula is C15H28N4O. The predicted molar refractivity (Wildman–Crippen MR) is 82.3 cm³/mol. The number of nitrogens with one attached hydrogen (secondary N) is 1. The SMILES string of the molecule is CCNCC1CCN(c2nccn2C(C)COC)CC1. The third-order valence-electron chi connectivity index (χ3n) is 4.11. The third kappa shape index (κ3) is 3.73. The molecule has 1 aliphatic rings. The first-order valence-electron chi connectivity index (χ1n) is 7.73. The molecule has 0 aliphatic carbocycles. The summed E-state index contributed by atoms with van der Waals surface area (Å²) >= 11 is 0. The van der Waals surface area contributed by atoms with Crippen LogP contribution in [0.25, 0.3) is 0 Å². The number of nitrogens with zero attached hydrogens (tertiary/aromatic N) is 3. The van der Waals surface area contributed by atoms with Crippen molar-refractivity contribution in [1.29, 1.82) is 0 Å². The van der Waals surface area contributed by atoms with Crippen molar-refractivity contribution >= 4 is 5.95 Å². The first kappa shape index (κ1) is 15.3. The minimum Gasteiger partial charge on any atom is -0.383 e. The summed E-state index contributed by atoms with van der Waals surface area (Å²) in [7, 11) is 1.75. The van der Waals surface area contributed by atoms with Crippen molar-refractivity contribution < 1.29 is 4.74 Å². The standard InChI is InChI=1S/C15H28N4O/c1-4-16-11-14-5-8-18(9-6-14)15-17-7-10-19(15)13(2)12-20-3/h7,10,13-14,16H,4-6,8-9,11-12H2,1-3H3. The topological polar surface area (TPSA) is 42.3 Å². The quantitative estimate of drug-likeness (QED) is 0.828. The van der Waals surface area contributed by atoms with E-state index >= 15 is 0 Å². The van der Waals surface area contributed by atoms with Crippen LogP contribution in [0.15, 0.2) is 12.4 Å². The van der Waals surface area contributed by atoms with Crippen LogP contribution in [0.3, 0.4) is 0 Å². The van der Waals surface area contributed by atoms with Crippen molar-refractivity contribution in [1.82, 2.24) is 14.9 Å². The molecule has 1 atom stereocenters. The highest BCUT2D eigenvalue weighted by Crippen LogP contribution is 2.24. The summed E-state index contributed by atoms with van der Waals surface area (Å²) in [5.74, 6) is 1.91. The van der Waals surface area contributed by atoms with Gasteiger partial charge in [-0.1, -0.05) is 6.92 Å². The molecule has 20 heavy (non-hydrogen) atoms. The lowest BCUT2D eigenvalue weighted by Crippen LogP contribution is -2.39. The molecule has 2 rings (SSSR count). The fraction of sp³-hybridized carbons (Fsp3) is 0.800. The number of anilines is 1. The van der Waals surface area contributed by atoms with Gasteiger partial charge in [0.05, 0.1) is 12.6 Å². The molecule has 1 N–H and O–H groups in total. The van der Waals surface area contributed by atoms with Crippen molar-refractivity contribution in [3.63, 3.8) is 0 Å². The average Bonchev–Trinajstić information content (AvgIpc) is 2.95. The number of hydrogen-bond acceptors (Lipinski definition) is 4. The summed E-state index contributed by atoms with van der Waals surface area (Å²) in [5, 5.41) is 3.46. The number of ether oxygens (including phenoxy) is 1. The maximum Gasteiger partial charge on any atom is 0.205 e. The van der Waals surface area contributed by atoms with E-state index in [1.165, 1.54) is 12.8 Å². The van der Waals surface area contributed by atoms with Crippen LogP contribution in [0.5, 0.6) is 0 Å². The number of aromatic nitrogens is 2. The molecule has 1 aromatic rings. The molecule has 2 heterocycles. The summed E-state index contributed by atoms with van der Waals surface area (Å²) in [6.07, 6.45) is 6.45. The summed E-state index contributed by atoms with van der Waals surface area (Å²) < 4.78 is 7.49. The Kier molecular flexibility index (Phi) is 5.86. The first-order valence-corrected chi connectivity index (χ1v) is 7.73. The van der Waals surface area contributed by atoms with Gasteiger partial charge in [0.2, 0.25) is 5.95 Å². The van der Waals surface area contributed by atoms with Gasteiger partial charge in [0, 0.05) is 32.6 Å². The Bertz CT molecular complexity index is 385. The fourth-order valence-electron chi connectivity index (χ4n) is 2.90. The van der Waals surface area contributed by atoms with Gasteiger partial charge in [0.15, 0.2) is 0 Å². The van der Waals surface area contributed by atoms with Gasteiger partial charge >= 0.3 is 0 Å². The Morgan fingerprint density at radius 2 is 2.20 bits per heavy atom. The Labute approximate surface area is 122 Å². The molecule has 1 aliphatic heterocycles. The van der Waals surface area contributed by atoms with E-state index in [9.17, 15) is 0 Å². The van der Waals surface area contributed by atoms with Gasteiger partial charge in [-0.25, -0.2) is 4.98 Å². The van der Waals surface area contributed by atoms with Crippen LogP contribution in [0.4, 0.5) is 5.95 Å². The molecule has 1 fully saturated rings. The van der Waals surface area contributed by atoms with E-state index in [1.807, 2.05) is 6.20 Å². The normalized spacial score (nSPS) is 18.4. The van der Waals surface area contributed by atoms with Crippen molar-refractivity contribution in [2.75, 3.05) is 44.8 Å². The van der Waals surface area contributed by atoms with Gasteiger partial charge < -0.3 is 19.5 Å². The molecule has 0 radical (unpaired) electrons. The van der Waals surface area contributed by atoms with Gasteiger partial charge in [0.1, 0.15) is 0 Å². The predicted octanol–water partition coefficient (Wildman–Crippen LogP) is 1.92. The van der Waals surface area contributed by atoms with Gasteiger partial charge in [-0.2, -0.15) is 0 Å². The molecular weight excluding hydrogens is 252 g/mol. The van der Waals surface area contributed by atoms with Crippen LogP contribution in [0, 0.1) is 5.92 Å². The van der Waals surface area contributed by atoms with Crippen molar-refractivity contribution in [2.45, 2.75) is 32.7 Å². The Morgan fingerprint density at radius 3 is 2.85 bits per heavy atom. The van der Waals surface area contributed by atoms with Gasteiger partial charge in [-0.05, 0) is 38.8 Å². The van der Waals surface area contributed by atoms with Crippen LogP contribution in [-0.2, 0) is 4.74 Å². The molecule has 5 heteroatoms. The monoisotopic (exact) mass is 280 g/mol. The van der Waals surface area contributed by atoms with E-state index < -0.39 is 0 Å². The smallest absolute Gasteiger partial charge is 0.205 e. The first-order chi connectivity index (χ1) is 9.76.